The van der Waals surface area contributed by atoms with Gasteiger partial charge in [-0.1, -0.05) is 34.1 Å². The number of halogens is 1. The Kier molecular flexibility index (Phi) is 2.35. The highest BCUT2D eigenvalue weighted by atomic mass is 79.9. The van der Waals surface area contributed by atoms with E-state index in [0.29, 0.717) is 6.61 Å². The molecule has 4 rings (SSSR count). The molecule has 0 saturated heterocycles. The highest BCUT2D eigenvalue weighted by molar-refractivity contribution is 9.10. The predicted octanol–water partition coefficient (Wildman–Crippen LogP) is 4.56. The van der Waals surface area contributed by atoms with Crippen molar-refractivity contribution in [2.75, 3.05) is 0 Å². The number of pyridine rings is 1. The molecule has 0 atom stereocenters. The van der Waals surface area contributed by atoms with Crippen LogP contribution in [0.2, 0.25) is 0 Å². The molecule has 2 heterocycles. The van der Waals surface area contributed by atoms with Gasteiger partial charge in [0.15, 0.2) is 0 Å². The minimum Gasteiger partial charge on any atom is -0.488 e. The summed E-state index contributed by atoms with van der Waals surface area (Å²) in [4.78, 5) is 4.80. The van der Waals surface area contributed by atoms with Gasteiger partial charge in [0.25, 0.3) is 0 Å². The SMILES string of the molecule is Brc1ccc2c(c1)-c1nc3ccccc3cc1CO2. The van der Waals surface area contributed by atoms with Gasteiger partial charge in [-0.3, -0.25) is 0 Å². The fourth-order valence-corrected chi connectivity index (χ4v) is 2.83. The number of nitrogens with zero attached hydrogens (tertiary/aromatic N) is 1. The molecule has 0 fully saturated rings. The number of rotatable bonds is 0. The predicted molar refractivity (Wildman–Crippen MR) is 79.2 cm³/mol. The minimum absolute atomic E-state index is 0.585. The average Bonchev–Trinajstić information content (AvgIpc) is 2.45. The second-order valence-corrected chi connectivity index (χ2v) is 5.53. The maximum absolute atomic E-state index is 5.79. The molecule has 0 unspecified atom stereocenters. The molecular weight excluding hydrogens is 302 g/mol. The lowest BCUT2D eigenvalue weighted by molar-refractivity contribution is 0.301. The quantitative estimate of drug-likeness (QED) is 0.607. The third kappa shape index (κ3) is 1.73. The first kappa shape index (κ1) is 11.0. The van der Waals surface area contributed by atoms with Crippen LogP contribution in [0, 0.1) is 0 Å². The van der Waals surface area contributed by atoms with Crippen molar-refractivity contribution in [1.29, 1.82) is 0 Å². The molecule has 92 valence electrons. The normalized spacial score (nSPS) is 12.7. The molecule has 0 spiro atoms. The highest BCUT2D eigenvalue weighted by Crippen LogP contribution is 2.38. The van der Waals surface area contributed by atoms with Gasteiger partial charge in [0.05, 0.1) is 11.2 Å². The molecule has 0 aliphatic carbocycles. The Morgan fingerprint density at radius 3 is 2.89 bits per heavy atom. The molecule has 0 saturated carbocycles. The van der Waals surface area contributed by atoms with E-state index in [9.17, 15) is 0 Å². The van der Waals surface area contributed by atoms with E-state index in [2.05, 4.69) is 34.1 Å². The summed E-state index contributed by atoms with van der Waals surface area (Å²) in [5, 5.41) is 1.16. The molecule has 1 aromatic heterocycles. The molecule has 2 nitrogen and oxygen atoms in total. The summed E-state index contributed by atoms with van der Waals surface area (Å²) in [5.74, 6) is 0.901. The standard InChI is InChI=1S/C16H10BrNO/c17-12-5-6-15-13(8-12)16-11(9-19-15)7-10-3-1-2-4-14(10)18-16/h1-8H,9H2. The lowest BCUT2D eigenvalue weighted by atomic mass is 10.0. The maximum Gasteiger partial charge on any atom is 0.129 e. The van der Waals surface area contributed by atoms with Gasteiger partial charge in [-0.15, -0.1) is 0 Å². The lowest BCUT2D eigenvalue weighted by Crippen LogP contribution is -2.07. The van der Waals surface area contributed by atoms with E-state index < -0.39 is 0 Å². The molecule has 19 heavy (non-hydrogen) atoms. The first-order valence-corrected chi connectivity index (χ1v) is 6.92. The van der Waals surface area contributed by atoms with Gasteiger partial charge < -0.3 is 4.74 Å². The Labute approximate surface area is 119 Å². The zero-order chi connectivity index (χ0) is 12.8. The van der Waals surface area contributed by atoms with E-state index in [4.69, 9.17) is 9.72 Å². The summed E-state index contributed by atoms with van der Waals surface area (Å²) < 4.78 is 6.83. The molecule has 1 aliphatic rings. The van der Waals surface area contributed by atoms with Crippen LogP contribution < -0.4 is 4.74 Å². The third-order valence-electron chi connectivity index (χ3n) is 3.38. The Hall–Kier alpha value is -1.87. The fourth-order valence-electron chi connectivity index (χ4n) is 2.47. The second-order valence-electron chi connectivity index (χ2n) is 4.62. The van der Waals surface area contributed by atoms with E-state index in [1.807, 2.05) is 30.3 Å². The van der Waals surface area contributed by atoms with Crippen LogP contribution in [-0.4, -0.2) is 4.98 Å². The molecule has 0 bridgehead atoms. The summed E-state index contributed by atoms with van der Waals surface area (Å²) >= 11 is 3.51. The molecule has 1 aliphatic heterocycles. The number of benzene rings is 2. The van der Waals surface area contributed by atoms with Crippen LogP contribution in [0.15, 0.2) is 53.0 Å². The topological polar surface area (TPSA) is 22.1 Å². The monoisotopic (exact) mass is 311 g/mol. The number of hydrogen-bond donors (Lipinski definition) is 0. The zero-order valence-electron chi connectivity index (χ0n) is 10.1. The molecule has 0 amide bonds. The van der Waals surface area contributed by atoms with Gasteiger partial charge >= 0.3 is 0 Å². The Bertz CT molecular complexity index is 798. The van der Waals surface area contributed by atoms with Crippen LogP contribution in [-0.2, 0) is 6.61 Å². The van der Waals surface area contributed by atoms with Crippen molar-refractivity contribution in [3.05, 3.63) is 58.6 Å². The van der Waals surface area contributed by atoms with Crippen molar-refractivity contribution >= 4 is 26.8 Å². The number of para-hydroxylation sites is 1. The van der Waals surface area contributed by atoms with Gasteiger partial charge in [0.2, 0.25) is 0 Å². The Morgan fingerprint density at radius 1 is 1.05 bits per heavy atom. The van der Waals surface area contributed by atoms with Crippen molar-refractivity contribution in [2.45, 2.75) is 6.61 Å². The van der Waals surface area contributed by atoms with E-state index in [1.54, 1.807) is 0 Å². The smallest absolute Gasteiger partial charge is 0.129 e. The number of ether oxygens (including phenoxy) is 1. The average molecular weight is 312 g/mol. The van der Waals surface area contributed by atoms with Gasteiger partial charge in [-0.05, 0) is 30.3 Å². The molecule has 3 aromatic rings. The minimum atomic E-state index is 0.585. The maximum atomic E-state index is 5.79. The van der Waals surface area contributed by atoms with Crippen molar-refractivity contribution in [3.63, 3.8) is 0 Å². The van der Waals surface area contributed by atoms with E-state index in [0.717, 1.165) is 37.9 Å². The first-order chi connectivity index (χ1) is 9.31. The van der Waals surface area contributed by atoms with Crippen molar-refractivity contribution < 1.29 is 4.74 Å². The van der Waals surface area contributed by atoms with Gasteiger partial charge in [-0.25, -0.2) is 4.98 Å². The zero-order valence-corrected chi connectivity index (χ0v) is 11.6. The van der Waals surface area contributed by atoms with E-state index in [1.165, 1.54) is 0 Å². The van der Waals surface area contributed by atoms with Crippen LogP contribution >= 0.6 is 15.9 Å². The Morgan fingerprint density at radius 2 is 1.95 bits per heavy atom. The fraction of sp³-hybridized carbons (Fsp3) is 0.0625. The molecule has 2 aromatic carbocycles. The van der Waals surface area contributed by atoms with Gasteiger partial charge in [0, 0.05) is 21.0 Å². The van der Waals surface area contributed by atoms with Crippen LogP contribution in [0.5, 0.6) is 5.75 Å². The summed E-state index contributed by atoms with van der Waals surface area (Å²) in [5.41, 5.74) is 4.25. The van der Waals surface area contributed by atoms with Crippen molar-refractivity contribution in [3.8, 4) is 17.0 Å². The van der Waals surface area contributed by atoms with E-state index >= 15 is 0 Å². The Balaban J connectivity index is 2.05. The second kappa shape index (κ2) is 4.07. The van der Waals surface area contributed by atoms with Crippen molar-refractivity contribution in [1.82, 2.24) is 4.98 Å². The van der Waals surface area contributed by atoms with Crippen LogP contribution in [0.4, 0.5) is 0 Å². The van der Waals surface area contributed by atoms with Gasteiger partial charge in [-0.2, -0.15) is 0 Å². The molecular formula is C16H10BrNO. The molecule has 0 N–H and O–H groups in total. The van der Waals surface area contributed by atoms with Gasteiger partial charge in [0.1, 0.15) is 12.4 Å². The summed E-state index contributed by atoms with van der Waals surface area (Å²) in [6.45, 7) is 0.585. The van der Waals surface area contributed by atoms with E-state index in [-0.39, 0.29) is 0 Å². The first-order valence-electron chi connectivity index (χ1n) is 6.13. The van der Waals surface area contributed by atoms with Crippen molar-refractivity contribution in [2.24, 2.45) is 0 Å². The lowest BCUT2D eigenvalue weighted by Gasteiger charge is -2.20. The summed E-state index contributed by atoms with van der Waals surface area (Å²) in [7, 11) is 0. The highest BCUT2D eigenvalue weighted by Gasteiger charge is 2.19. The molecule has 0 radical (unpaired) electrons. The number of hydrogen-bond acceptors (Lipinski definition) is 2. The van der Waals surface area contributed by atoms with Crippen LogP contribution in [0.25, 0.3) is 22.2 Å². The summed E-state index contributed by atoms with van der Waals surface area (Å²) in [6.07, 6.45) is 0. The largest absolute Gasteiger partial charge is 0.488 e. The summed E-state index contributed by atoms with van der Waals surface area (Å²) in [6, 6.07) is 16.4. The molecule has 3 heteroatoms. The van der Waals surface area contributed by atoms with Crippen LogP contribution in [0.3, 0.4) is 0 Å². The third-order valence-corrected chi connectivity index (χ3v) is 3.88. The number of fused-ring (bicyclic) bond motifs is 4. The van der Waals surface area contributed by atoms with Crippen LogP contribution in [0.1, 0.15) is 5.56 Å². The number of aromatic nitrogens is 1.